The summed E-state index contributed by atoms with van der Waals surface area (Å²) in [5.74, 6) is -0.675. The molecule has 1 heterocycles. The van der Waals surface area contributed by atoms with Crippen LogP contribution in [0.4, 0.5) is 5.69 Å². The van der Waals surface area contributed by atoms with Crippen molar-refractivity contribution in [1.29, 1.82) is 0 Å². The molecule has 1 aliphatic heterocycles. The summed E-state index contributed by atoms with van der Waals surface area (Å²) in [7, 11) is 1.28. The standard InChI is InChI=1S/C15H19ClN2O4.ClH/c1-21-13(19)11-3-2-10(8-12(11)16)18-14(20)15(9-17)4-6-22-7-5-15;/h2-3,8H,4-7,9,17H2,1H3,(H,18,20);1H. The van der Waals surface area contributed by atoms with Crippen molar-refractivity contribution in [1.82, 2.24) is 0 Å². The summed E-state index contributed by atoms with van der Waals surface area (Å²) >= 11 is 6.04. The van der Waals surface area contributed by atoms with Gasteiger partial charge in [0, 0.05) is 25.4 Å². The highest BCUT2D eigenvalue weighted by Gasteiger charge is 2.38. The van der Waals surface area contributed by atoms with Gasteiger partial charge in [0.15, 0.2) is 0 Å². The fourth-order valence-corrected chi connectivity index (χ4v) is 2.68. The molecule has 128 valence electrons. The van der Waals surface area contributed by atoms with Crippen molar-refractivity contribution in [3.05, 3.63) is 28.8 Å². The van der Waals surface area contributed by atoms with Crippen LogP contribution in [0.3, 0.4) is 0 Å². The fourth-order valence-electron chi connectivity index (χ4n) is 2.42. The molecule has 1 fully saturated rings. The average molecular weight is 363 g/mol. The van der Waals surface area contributed by atoms with Gasteiger partial charge in [-0.2, -0.15) is 0 Å². The van der Waals surface area contributed by atoms with Crippen LogP contribution in [-0.4, -0.2) is 38.7 Å². The number of halogens is 2. The second-order valence-electron chi connectivity index (χ2n) is 5.24. The summed E-state index contributed by atoms with van der Waals surface area (Å²) in [6.07, 6.45) is 1.17. The summed E-state index contributed by atoms with van der Waals surface area (Å²) in [6, 6.07) is 4.65. The van der Waals surface area contributed by atoms with Gasteiger partial charge in [-0.15, -0.1) is 12.4 Å². The molecule has 1 aromatic rings. The number of ether oxygens (including phenoxy) is 2. The van der Waals surface area contributed by atoms with Crippen molar-refractivity contribution >= 4 is 41.6 Å². The predicted octanol–water partition coefficient (Wildman–Crippen LogP) is 2.24. The SMILES string of the molecule is COC(=O)c1ccc(NC(=O)C2(CN)CCOCC2)cc1Cl.Cl. The van der Waals surface area contributed by atoms with Crippen molar-refractivity contribution in [2.24, 2.45) is 11.1 Å². The van der Waals surface area contributed by atoms with E-state index in [4.69, 9.17) is 22.1 Å². The Morgan fingerprint density at radius 1 is 1.39 bits per heavy atom. The molecule has 6 nitrogen and oxygen atoms in total. The number of benzene rings is 1. The minimum atomic E-state index is -0.619. The highest BCUT2D eigenvalue weighted by atomic mass is 35.5. The van der Waals surface area contributed by atoms with Gasteiger partial charge in [-0.1, -0.05) is 11.6 Å². The Hall–Kier alpha value is -1.34. The van der Waals surface area contributed by atoms with Crippen molar-refractivity contribution in [2.75, 3.05) is 32.2 Å². The number of amides is 1. The van der Waals surface area contributed by atoms with E-state index in [1.54, 1.807) is 6.07 Å². The first-order chi connectivity index (χ1) is 10.5. The van der Waals surface area contributed by atoms with E-state index in [-0.39, 0.29) is 35.4 Å². The third-order valence-electron chi connectivity index (χ3n) is 3.95. The zero-order valence-electron chi connectivity index (χ0n) is 12.8. The largest absolute Gasteiger partial charge is 0.465 e. The van der Waals surface area contributed by atoms with Crippen molar-refractivity contribution in [3.63, 3.8) is 0 Å². The van der Waals surface area contributed by atoms with Crippen molar-refractivity contribution in [3.8, 4) is 0 Å². The molecular formula is C15H20Cl2N2O4. The van der Waals surface area contributed by atoms with Crippen LogP contribution >= 0.6 is 24.0 Å². The molecule has 1 amide bonds. The number of esters is 1. The molecule has 23 heavy (non-hydrogen) atoms. The van der Waals surface area contributed by atoms with Crippen LogP contribution in [0.5, 0.6) is 0 Å². The van der Waals surface area contributed by atoms with Crippen LogP contribution in [-0.2, 0) is 14.3 Å². The summed E-state index contributed by atoms with van der Waals surface area (Å²) in [5, 5.41) is 3.04. The first kappa shape index (κ1) is 19.7. The average Bonchev–Trinajstić information content (AvgIpc) is 2.54. The van der Waals surface area contributed by atoms with Gasteiger partial charge >= 0.3 is 5.97 Å². The van der Waals surface area contributed by atoms with Gasteiger partial charge < -0.3 is 20.5 Å². The molecular weight excluding hydrogens is 343 g/mol. The van der Waals surface area contributed by atoms with E-state index >= 15 is 0 Å². The maximum absolute atomic E-state index is 12.5. The highest BCUT2D eigenvalue weighted by molar-refractivity contribution is 6.34. The van der Waals surface area contributed by atoms with Gasteiger partial charge in [0.05, 0.1) is 23.1 Å². The zero-order chi connectivity index (χ0) is 16.2. The number of hydrogen-bond acceptors (Lipinski definition) is 5. The molecule has 1 aliphatic rings. The Labute approximate surface area is 146 Å². The summed E-state index contributed by atoms with van der Waals surface area (Å²) < 4.78 is 9.92. The summed E-state index contributed by atoms with van der Waals surface area (Å²) in [5.41, 5.74) is 5.95. The first-order valence-corrected chi connectivity index (χ1v) is 7.37. The van der Waals surface area contributed by atoms with Crippen LogP contribution in [0, 0.1) is 5.41 Å². The van der Waals surface area contributed by atoms with Crippen molar-refractivity contribution in [2.45, 2.75) is 12.8 Å². The third-order valence-corrected chi connectivity index (χ3v) is 4.27. The molecule has 0 spiro atoms. The maximum Gasteiger partial charge on any atom is 0.339 e. The highest BCUT2D eigenvalue weighted by Crippen LogP contribution is 2.31. The van der Waals surface area contributed by atoms with Gasteiger partial charge in [-0.25, -0.2) is 4.79 Å². The molecule has 0 bridgehead atoms. The molecule has 0 aliphatic carbocycles. The molecule has 2 rings (SSSR count). The lowest BCUT2D eigenvalue weighted by atomic mass is 9.79. The van der Waals surface area contributed by atoms with Gasteiger partial charge in [0.2, 0.25) is 5.91 Å². The number of hydrogen-bond donors (Lipinski definition) is 2. The van der Waals surface area contributed by atoms with Crippen LogP contribution in [0.25, 0.3) is 0 Å². The Bertz CT molecular complexity index is 575. The quantitative estimate of drug-likeness (QED) is 0.801. The van der Waals surface area contributed by atoms with Gasteiger partial charge in [0.1, 0.15) is 0 Å². The van der Waals surface area contributed by atoms with Crippen LogP contribution in [0.1, 0.15) is 23.2 Å². The minimum absolute atomic E-state index is 0. The molecule has 3 N–H and O–H groups in total. The fraction of sp³-hybridized carbons (Fsp3) is 0.467. The Morgan fingerprint density at radius 3 is 2.57 bits per heavy atom. The molecule has 0 saturated carbocycles. The smallest absolute Gasteiger partial charge is 0.339 e. The molecule has 0 atom stereocenters. The van der Waals surface area contributed by atoms with Gasteiger partial charge in [-0.05, 0) is 31.0 Å². The van der Waals surface area contributed by atoms with E-state index in [9.17, 15) is 9.59 Å². The summed E-state index contributed by atoms with van der Waals surface area (Å²) in [4.78, 5) is 24.0. The number of anilines is 1. The van der Waals surface area contributed by atoms with Crippen LogP contribution in [0.15, 0.2) is 18.2 Å². The molecule has 8 heteroatoms. The third kappa shape index (κ3) is 4.35. The zero-order valence-corrected chi connectivity index (χ0v) is 14.3. The predicted molar refractivity (Wildman–Crippen MR) is 90.2 cm³/mol. The monoisotopic (exact) mass is 362 g/mol. The van der Waals surface area contributed by atoms with Crippen LogP contribution < -0.4 is 11.1 Å². The molecule has 1 saturated heterocycles. The van der Waals surface area contributed by atoms with E-state index < -0.39 is 11.4 Å². The minimum Gasteiger partial charge on any atom is -0.465 e. The lowest BCUT2D eigenvalue weighted by Gasteiger charge is -2.34. The van der Waals surface area contributed by atoms with E-state index in [0.29, 0.717) is 31.7 Å². The molecule has 0 radical (unpaired) electrons. The van der Waals surface area contributed by atoms with E-state index in [1.165, 1.54) is 19.2 Å². The number of carbonyl (C=O) groups is 2. The lowest BCUT2D eigenvalue weighted by molar-refractivity contribution is -0.130. The lowest BCUT2D eigenvalue weighted by Crippen LogP contribution is -2.46. The molecule has 1 aromatic carbocycles. The normalized spacial score (nSPS) is 16.1. The Morgan fingerprint density at radius 2 is 2.04 bits per heavy atom. The van der Waals surface area contributed by atoms with E-state index in [0.717, 1.165) is 0 Å². The van der Waals surface area contributed by atoms with Gasteiger partial charge in [0.25, 0.3) is 0 Å². The topological polar surface area (TPSA) is 90.7 Å². The number of nitrogens with one attached hydrogen (secondary N) is 1. The number of methoxy groups -OCH3 is 1. The Balaban J connectivity index is 0.00000264. The number of rotatable bonds is 4. The molecule has 0 aromatic heterocycles. The van der Waals surface area contributed by atoms with Crippen molar-refractivity contribution < 1.29 is 19.1 Å². The molecule has 0 unspecified atom stereocenters. The van der Waals surface area contributed by atoms with Crippen LogP contribution in [0.2, 0.25) is 5.02 Å². The number of nitrogens with two attached hydrogens (primary N) is 1. The number of carbonyl (C=O) groups excluding carboxylic acids is 2. The van der Waals surface area contributed by atoms with E-state index in [2.05, 4.69) is 10.1 Å². The summed E-state index contributed by atoms with van der Waals surface area (Å²) in [6.45, 7) is 1.30. The second-order valence-corrected chi connectivity index (χ2v) is 5.64. The van der Waals surface area contributed by atoms with Gasteiger partial charge in [-0.3, -0.25) is 4.79 Å². The Kier molecular flexibility index (Phi) is 7.28. The first-order valence-electron chi connectivity index (χ1n) is 6.99. The van der Waals surface area contributed by atoms with E-state index in [1.807, 2.05) is 0 Å². The maximum atomic E-state index is 12.5. The second kappa shape index (κ2) is 8.49.